The molecule has 2 heterocycles. The van der Waals surface area contributed by atoms with Crippen molar-refractivity contribution in [1.82, 2.24) is 0 Å². The summed E-state index contributed by atoms with van der Waals surface area (Å²) in [6, 6.07) is 2.27. The van der Waals surface area contributed by atoms with Gasteiger partial charge in [-0.25, -0.2) is 0 Å². The van der Waals surface area contributed by atoms with Crippen LogP contribution in [0.4, 0.5) is 0 Å². The molecule has 0 N–H and O–H groups in total. The van der Waals surface area contributed by atoms with Gasteiger partial charge in [0.2, 0.25) is 0 Å². The number of ether oxygens (including phenoxy) is 1. The van der Waals surface area contributed by atoms with Crippen LogP contribution in [0.2, 0.25) is 0 Å². The minimum atomic E-state index is 0.212. The second kappa shape index (κ2) is 1.71. The highest BCUT2D eigenvalue weighted by atomic mass is 16.5. The van der Waals surface area contributed by atoms with E-state index in [9.17, 15) is 0 Å². The molecule has 9 heavy (non-hydrogen) atoms. The predicted molar refractivity (Wildman–Crippen MR) is 31.6 cm³/mol. The number of nitriles is 1. The molecule has 0 aromatic heterocycles. The molecule has 2 aliphatic rings. The SMILES string of the molecule is N#C[C@H]1C[C@@H]2CC[C@@H]1O2. The van der Waals surface area contributed by atoms with Crippen molar-refractivity contribution >= 4 is 0 Å². The minimum absolute atomic E-state index is 0.212. The van der Waals surface area contributed by atoms with Crippen LogP contribution in [0, 0.1) is 17.2 Å². The molecule has 2 fully saturated rings. The molecule has 0 aliphatic carbocycles. The Kier molecular flexibility index (Phi) is 1.000. The Morgan fingerprint density at radius 1 is 1.44 bits per heavy atom. The normalized spacial score (nSPS) is 47.2. The number of rotatable bonds is 0. The molecule has 0 saturated carbocycles. The fourth-order valence-corrected chi connectivity index (χ4v) is 1.77. The summed E-state index contributed by atoms with van der Waals surface area (Å²) in [5.41, 5.74) is 0. The van der Waals surface area contributed by atoms with Crippen molar-refractivity contribution < 1.29 is 4.74 Å². The minimum Gasteiger partial charge on any atom is -0.374 e. The molecular formula is C7H9NO. The Labute approximate surface area is 54.4 Å². The molecule has 2 aliphatic heterocycles. The van der Waals surface area contributed by atoms with Crippen LogP contribution in [0.5, 0.6) is 0 Å². The molecule has 2 heteroatoms. The average molecular weight is 123 g/mol. The first-order chi connectivity index (χ1) is 4.40. The molecular weight excluding hydrogens is 114 g/mol. The smallest absolute Gasteiger partial charge is 0.0750 e. The van der Waals surface area contributed by atoms with Gasteiger partial charge in [-0.3, -0.25) is 0 Å². The first-order valence-electron chi connectivity index (χ1n) is 3.45. The van der Waals surface area contributed by atoms with Crippen LogP contribution in [0.15, 0.2) is 0 Å². The van der Waals surface area contributed by atoms with E-state index in [-0.39, 0.29) is 5.92 Å². The van der Waals surface area contributed by atoms with Crippen molar-refractivity contribution in [3.05, 3.63) is 0 Å². The summed E-state index contributed by atoms with van der Waals surface area (Å²) in [7, 11) is 0. The molecule has 0 unspecified atom stereocenters. The maximum Gasteiger partial charge on any atom is 0.0750 e. The van der Waals surface area contributed by atoms with Gasteiger partial charge < -0.3 is 4.74 Å². The van der Waals surface area contributed by atoms with E-state index in [2.05, 4.69) is 6.07 Å². The largest absolute Gasteiger partial charge is 0.374 e. The summed E-state index contributed by atoms with van der Waals surface area (Å²) in [4.78, 5) is 0. The molecule has 0 radical (unpaired) electrons. The number of hydrogen-bond donors (Lipinski definition) is 0. The van der Waals surface area contributed by atoms with Crippen molar-refractivity contribution in [3.8, 4) is 6.07 Å². The lowest BCUT2D eigenvalue weighted by Gasteiger charge is -2.08. The van der Waals surface area contributed by atoms with Crippen LogP contribution in [-0.4, -0.2) is 12.2 Å². The number of fused-ring (bicyclic) bond motifs is 2. The predicted octanol–water partition coefficient (Wildman–Crippen LogP) is 1.08. The van der Waals surface area contributed by atoms with E-state index < -0.39 is 0 Å². The van der Waals surface area contributed by atoms with Crippen molar-refractivity contribution in [1.29, 1.82) is 5.26 Å². The third-order valence-corrected chi connectivity index (χ3v) is 2.27. The summed E-state index contributed by atoms with van der Waals surface area (Å²) in [5, 5.41) is 8.56. The van der Waals surface area contributed by atoms with Gasteiger partial charge in [0.25, 0.3) is 0 Å². The lowest BCUT2D eigenvalue weighted by molar-refractivity contribution is 0.0986. The molecule has 3 atom stereocenters. The Hall–Kier alpha value is -0.550. The molecule has 2 rings (SSSR count). The maximum atomic E-state index is 8.56. The Morgan fingerprint density at radius 3 is 2.67 bits per heavy atom. The molecule has 2 nitrogen and oxygen atoms in total. The number of hydrogen-bond acceptors (Lipinski definition) is 2. The Morgan fingerprint density at radius 2 is 2.33 bits per heavy atom. The lowest BCUT2D eigenvalue weighted by atomic mass is 9.91. The van der Waals surface area contributed by atoms with Gasteiger partial charge in [0.1, 0.15) is 0 Å². The van der Waals surface area contributed by atoms with Crippen molar-refractivity contribution in [3.63, 3.8) is 0 Å². The van der Waals surface area contributed by atoms with Gasteiger partial charge in [0, 0.05) is 0 Å². The first-order valence-corrected chi connectivity index (χ1v) is 3.45. The first kappa shape index (κ1) is 5.25. The molecule has 0 amide bonds. The van der Waals surface area contributed by atoms with Gasteiger partial charge in [-0.05, 0) is 19.3 Å². The molecule has 0 aromatic rings. The molecule has 48 valence electrons. The van der Waals surface area contributed by atoms with Crippen LogP contribution in [0.25, 0.3) is 0 Å². The van der Waals surface area contributed by atoms with Crippen molar-refractivity contribution in [2.75, 3.05) is 0 Å². The highest BCUT2D eigenvalue weighted by Gasteiger charge is 2.40. The molecule has 2 saturated heterocycles. The van der Waals surface area contributed by atoms with Gasteiger partial charge in [-0.15, -0.1) is 0 Å². The van der Waals surface area contributed by atoms with Gasteiger partial charge in [-0.1, -0.05) is 0 Å². The number of nitrogens with zero attached hydrogens (tertiary/aromatic N) is 1. The van der Waals surface area contributed by atoms with E-state index in [1.54, 1.807) is 0 Å². The van der Waals surface area contributed by atoms with Crippen LogP contribution in [0.3, 0.4) is 0 Å². The quantitative estimate of drug-likeness (QED) is 0.482. The van der Waals surface area contributed by atoms with Crippen LogP contribution in [0.1, 0.15) is 19.3 Å². The molecule has 0 spiro atoms. The topological polar surface area (TPSA) is 33.0 Å². The third kappa shape index (κ3) is 0.650. The highest BCUT2D eigenvalue weighted by Crippen LogP contribution is 2.37. The van der Waals surface area contributed by atoms with E-state index in [4.69, 9.17) is 10.00 Å². The summed E-state index contributed by atoms with van der Waals surface area (Å²) in [6.45, 7) is 0. The highest BCUT2D eigenvalue weighted by molar-refractivity contribution is 4.99. The zero-order chi connectivity index (χ0) is 6.27. The van der Waals surface area contributed by atoms with Gasteiger partial charge >= 0.3 is 0 Å². The Balaban J connectivity index is 2.12. The van der Waals surface area contributed by atoms with E-state index in [1.165, 1.54) is 6.42 Å². The van der Waals surface area contributed by atoms with Crippen molar-refractivity contribution in [2.45, 2.75) is 31.5 Å². The lowest BCUT2D eigenvalue weighted by Crippen LogP contribution is -2.13. The molecule has 0 aromatic carbocycles. The summed E-state index contributed by atoms with van der Waals surface area (Å²) < 4.78 is 5.45. The summed E-state index contributed by atoms with van der Waals surface area (Å²) in [5.74, 6) is 0.212. The second-order valence-corrected chi connectivity index (χ2v) is 2.85. The van der Waals surface area contributed by atoms with Gasteiger partial charge in [-0.2, -0.15) is 5.26 Å². The fourth-order valence-electron chi connectivity index (χ4n) is 1.77. The monoisotopic (exact) mass is 123 g/mol. The summed E-state index contributed by atoms with van der Waals surface area (Å²) in [6.07, 6.45) is 4.01. The van der Waals surface area contributed by atoms with Crippen molar-refractivity contribution in [2.24, 2.45) is 5.92 Å². The summed E-state index contributed by atoms with van der Waals surface area (Å²) >= 11 is 0. The van der Waals surface area contributed by atoms with Crippen LogP contribution < -0.4 is 0 Å². The van der Waals surface area contributed by atoms with E-state index in [1.807, 2.05) is 0 Å². The van der Waals surface area contributed by atoms with E-state index >= 15 is 0 Å². The average Bonchev–Trinajstić information content (AvgIpc) is 2.45. The standard InChI is InChI=1S/C7H9NO/c8-4-5-3-6-1-2-7(5)9-6/h5-7H,1-3H2/t5-,6+,7+/m1/s1. The molecule has 2 bridgehead atoms. The maximum absolute atomic E-state index is 8.56. The third-order valence-electron chi connectivity index (χ3n) is 2.27. The Bertz CT molecular complexity index is 161. The van der Waals surface area contributed by atoms with E-state index in [0.29, 0.717) is 12.2 Å². The zero-order valence-corrected chi connectivity index (χ0v) is 5.21. The van der Waals surface area contributed by atoms with E-state index in [0.717, 1.165) is 12.8 Å². The fraction of sp³-hybridized carbons (Fsp3) is 0.857. The van der Waals surface area contributed by atoms with Gasteiger partial charge in [0.15, 0.2) is 0 Å². The van der Waals surface area contributed by atoms with Crippen LogP contribution >= 0.6 is 0 Å². The van der Waals surface area contributed by atoms with Gasteiger partial charge in [0.05, 0.1) is 24.2 Å². The van der Waals surface area contributed by atoms with Crippen LogP contribution in [-0.2, 0) is 4.74 Å². The second-order valence-electron chi connectivity index (χ2n) is 2.85. The zero-order valence-electron chi connectivity index (χ0n) is 5.21.